The Morgan fingerprint density at radius 2 is 1.24 bits per heavy atom. The van der Waals surface area contributed by atoms with E-state index < -0.39 is 0 Å². The number of rotatable bonds is 6. The number of benzene rings is 2. The summed E-state index contributed by atoms with van der Waals surface area (Å²) in [6.07, 6.45) is 0. The second-order valence-electron chi connectivity index (χ2n) is 6.09. The summed E-state index contributed by atoms with van der Waals surface area (Å²) in [5, 5.41) is 0.434. The Bertz CT molecular complexity index is 468. The molecule has 2 aromatic rings. The van der Waals surface area contributed by atoms with E-state index in [4.69, 9.17) is 0 Å². The maximum Gasteiger partial charge on any atom is 0.0872 e. The van der Waals surface area contributed by atoms with E-state index in [2.05, 4.69) is 81.8 Å². The van der Waals surface area contributed by atoms with Gasteiger partial charge >= 0.3 is 0 Å². The second kappa shape index (κ2) is 8.23. The highest BCUT2D eigenvalue weighted by molar-refractivity contribution is 7.99. The third-order valence-corrected chi connectivity index (χ3v) is 4.55. The van der Waals surface area contributed by atoms with Crippen molar-refractivity contribution in [2.24, 2.45) is 0 Å². The molecule has 3 heteroatoms. The van der Waals surface area contributed by atoms with Crippen molar-refractivity contribution in [1.29, 1.82) is 0 Å². The van der Waals surface area contributed by atoms with E-state index in [0.29, 0.717) is 5.25 Å². The maximum absolute atomic E-state index is 2.25. The zero-order chi connectivity index (χ0) is 14.4. The summed E-state index contributed by atoms with van der Waals surface area (Å²) in [5.41, 5.74) is 2.79. The summed E-state index contributed by atoms with van der Waals surface area (Å²) in [6.45, 7) is 1.18. The Morgan fingerprint density at radius 3 is 1.62 bits per heavy atom. The van der Waals surface area contributed by atoms with Crippen LogP contribution in [0, 0.1) is 0 Å². The van der Waals surface area contributed by atoms with Gasteiger partial charge in [-0.25, -0.2) is 0 Å². The lowest BCUT2D eigenvalue weighted by Crippen LogP contribution is -2.36. The molecule has 2 rings (SSSR count). The minimum atomic E-state index is 0. The summed E-state index contributed by atoms with van der Waals surface area (Å²) in [6, 6.07) is 21.6. The van der Waals surface area contributed by atoms with E-state index in [1.54, 1.807) is 0 Å². The molecule has 0 atom stereocenters. The fourth-order valence-electron chi connectivity index (χ4n) is 2.08. The van der Waals surface area contributed by atoms with Crippen molar-refractivity contribution in [3.63, 3.8) is 0 Å². The predicted octanol–water partition coefficient (Wildman–Crippen LogP) is 4.04. The molecule has 0 saturated heterocycles. The molecule has 1 N–H and O–H groups in total. The highest BCUT2D eigenvalue weighted by Crippen LogP contribution is 2.35. The Kier molecular flexibility index (Phi) is 6.96. The molecule has 0 amide bonds. The first kappa shape index (κ1) is 17.8. The molecule has 0 fully saturated rings. The molecule has 0 saturated carbocycles. The summed E-state index contributed by atoms with van der Waals surface area (Å²) < 4.78 is 1.02. The normalized spacial score (nSPS) is 11.2. The van der Waals surface area contributed by atoms with Crippen LogP contribution in [0.3, 0.4) is 0 Å². The van der Waals surface area contributed by atoms with E-state index in [1.807, 2.05) is 11.8 Å². The van der Waals surface area contributed by atoms with Crippen molar-refractivity contribution >= 4 is 11.8 Å². The smallest absolute Gasteiger partial charge is 0.0872 e. The molecular formula is C18H25NOS. The van der Waals surface area contributed by atoms with Crippen LogP contribution in [0.1, 0.15) is 16.4 Å². The number of thioether (sulfide) groups is 1. The van der Waals surface area contributed by atoms with Crippen LogP contribution < -0.4 is 0 Å². The molecule has 114 valence electrons. The largest absolute Gasteiger partial charge is 0.870 e. The Labute approximate surface area is 132 Å². The van der Waals surface area contributed by atoms with Gasteiger partial charge in [-0.1, -0.05) is 60.7 Å². The van der Waals surface area contributed by atoms with Crippen LogP contribution in [0.25, 0.3) is 0 Å². The van der Waals surface area contributed by atoms with Crippen LogP contribution in [-0.4, -0.2) is 43.4 Å². The molecule has 2 aromatic carbocycles. The quantitative estimate of drug-likeness (QED) is 0.754. The molecular weight excluding hydrogens is 278 g/mol. The average molecular weight is 303 g/mol. The fourth-order valence-corrected chi connectivity index (χ4v) is 3.67. The number of hydrogen-bond donors (Lipinski definition) is 0. The minimum Gasteiger partial charge on any atom is -0.870 e. The van der Waals surface area contributed by atoms with Crippen LogP contribution in [0.2, 0.25) is 0 Å². The number of hydrogen-bond acceptors (Lipinski definition) is 2. The third-order valence-electron chi connectivity index (χ3n) is 3.25. The summed E-state index contributed by atoms with van der Waals surface area (Å²) in [4.78, 5) is 0. The Hall–Kier alpha value is -1.29. The first-order valence-corrected chi connectivity index (χ1v) is 8.13. The third kappa shape index (κ3) is 5.92. The van der Waals surface area contributed by atoms with Gasteiger partial charge in [-0.3, -0.25) is 0 Å². The first-order valence-electron chi connectivity index (χ1n) is 7.08. The van der Waals surface area contributed by atoms with Crippen molar-refractivity contribution < 1.29 is 9.96 Å². The predicted molar refractivity (Wildman–Crippen MR) is 92.0 cm³/mol. The van der Waals surface area contributed by atoms with Crippen molar-refractivity contribution in [2.75, 3.05) is 33.4 Å². The molecule has 0 spiro atoms. The fraction of sp³-hybridized carbons (Fsp3) is 0.333. The van der Waals surface area contributed by atoms with Crippen molar-refractivity contribution in [3.05, 3.63) is 71.8 Å². The number of quaternary nitrogens is 1. The van der Waals surface area contributed by atoms with Crippen molar-refractivity contribution in [3.8, 4) is 0 Å². The molecule has 0 aliphatic heterocycles. The van der Waals surface area contributed by atoms with E-state index in [1.165, 1.54) is 17.7 Å². The molecule has 0 bridgehead atoms. The molecule has 0 aromatic heterocycles. The molecule has 0 radical (unpaired) electrons. The maximum atomic E-state index is 2.25. The van der Waals surface area contributed by atoms with Gasteiger partial charge in [0.25, 0.3) is 0 Å². The van der Waals surface area contributed by atoms with E-state index in [0.717, 1.165) is 10.2 Å². The molecule has 0 unspecified atom stereocenters. The minimum absolute atomic E-state index is 0. The monoisotopic (exact) mass is 303 g/mol. The van der Waals surface area contributed by atoms with Gasteiger partial charge in [0.05, 0.1) is 32.9 Å². The van der Waals surface area contributed by atoms with Gasteiger partial charge in [-0.2, -0.15) is 0 Å². The Morgan fingerprint density at radius 1 is 0.810 bits per heavy atom. The summed E-state index contributed by atoms with van der Waals surface area (Å²) >= 11 is 2.04. The highest BCUT2D eigenvalue weighted by atomic mass is 32.2. The second-order valence-corrected chi connectivity index (χ2v) is 7.30. The lowest BCUT2D eigenvalue weighted by molar-refractivity contribution is -0.867. The van der Waals surface area contributed by atoms with Gasteiger partial charge in [0.1, 0.15) is 0 Å². The van der Waals surface area contributed by atoms with Crippen LogP contribution in [0.5, 0.6) is 0 Å². The van der Waals surface area contributed by atoms with Crippen LogP contribution in [0.4, 0.5) is 0 Å². The standard InChI is InChI=1S/C18H24NS.H2O/c1-19(2,3)14-15-20-18(16-10-6-4-7-11-16)17-12-8-5-9-13-17;/h4-13,18H,14-15H2,1-3H3;1H2/q+1;/p-1. The van der Waals surface area contributed by atoms with Gasteiger partial charge < -0.3 is 9.96 Å². The molecule has 0 aliphatic carbocycles. The van der Waals surface area contributed by atoms with Gasteiger partial charge in [-0.15, -0.1) is 11.8 Å². The van der Waals surface area contributed by atoms with Gasteiger partial charge in [0.2, 0.25) is 0 Å². The van der Waals surface area contributed by atoms with Gasteiger partial charge in [0, 0.05) is 5.75 Å². The van der Waals surface area contributed by atoms with E-state index in [9.17, 15) is 0 Å². The topological polar surface area (TPSA) is 30.0 Å². The van der Waals surface area contributed by atoms with E-state index in [-0.39, 0.29) is 5.48 Å². The highest BCUT2D eigenvalue weighted by Gasteiger charge is 2.16. The van der Waals surface area contributed by atoms with Crippen LogP contribution in [-0.2, 0) is 0 Å². The lowest BCUT2D eigenvalue weighted by atomic mass is 10.0. The SMILES string of the molecule is C[N+](C)(C)CCSC(c1ccccc1)c1ccccc1.[OH-]. The molecule has 0 aliphatic rings. The van der Waals surface area contributed by atoms with Crippen molar-refractivity contribution in [1.82, 2.24) is 0 Å². The lowest BCUT2D eigenvalue weighted by Gasteiger charge is -2.25. The van der Waals surface area contributed by atoms with E-state index >= 15 is 0 Å². The van der Waals surface area contributed by atoms with Crippen LogP contribution >= 0.6 is 11.8 Å². The summed E-state index contributed by atoms with van der Waals surface area (Å²) in [7, 11) is 6.75. The van der Waals surface area contributed by atoms with Gasteiger partial charge in [-0.05, 0) is 11.1 Å². The number of nitrogens with zero attached hydrogens (tertiary/aromatic N) is 1. The molecule has 2 nitrogen and oxygen atoms in total. The zero-order valence-corrected chi connectivity index (χ0v) is 13.9. The Balaban J connectivity index is 0.00000220. The first-order chi connectivity index (χ1) is 9.56. The summed E-state index contributed by atoms with van der Waals surface area (Å²) in [5.74, 6) is 1.16. The molecule has 21 heavy (non-hydrogen) atoms. The molecule has 0 heterocycles. The van der Waals surface area contributed by atoms with Crippen LogP contribution in [0.15, 0.2) is 60.7 Å². The van der Waals surface area contributed by atoms with Crippen molar-refractivity contribution in [2.45, 2.75) is 5.25 Å². The van der Waals surface area contributed by atoms with Gasteiger partial charge in [0.15, 0.2) is 0 Å². The zero-order valence-electron chi connectivity index (χ0n) is 13.1. The average Bonchev–Trinajstić information content (AvgIpc) is 2.44.